The second-order valence-electron chi connectivity index (χ2n) is 5.79. The molecule has 6 nitrogen and oxygen atoms in total. The van der Waals surface area contributed by atoms with Gasteiger partial charge in [0.1, 0.15) is 0 Å². The summed E-state index contributed by atoms with van der Waals surface area (Å²) in [5.41, 5.74) is 6.75. The van der Waals surface area contributed by atoms with Crippen LogP contribution in [0.15, 0.2) is 23.2 Å². The molecule has 0 radical (unpaired) electrons. The molecule has 0 spiro atoms. The Balaban J connectivity index is 0.00000338. The highest BCUT2D eigenvalue weighted by Gasteiger charge is 2.08. The van der Waals surface area contributed by atoms with Crippen LogP contribution in [0.25, 0.3) is 0 Å². The van der Waals surface area contributed by atoms with E-state index in [-0.39, 0.29) is 24.0 Å². The predicted octanol–water partition coefficient (Wildman–Crippen LogP) is 2.75. The molecule has 1 aromatic rings. The average Bonchev–Trinajstić information content (AvgIpc) is 2.61. The molecule has 1 aromatic carbocycles. The quantitative estimate of drug-likeness (QED) is 0.228. The molecular weight excluding hydrogens is 490 g/mol. The topological polar surface area (TPSA) is 72.1 Å². The summed E-state index contributed by atoms with van der Waals surface area (Å²) >= 11 is 12.0. The van der Waals surface area contributed by atoms with E-state index in [1.807, 2.05) is 6.07 Å². The van der Waals surface area contributed by atoms with Crippen LogP contribution in [-0.4, -0.2) is 63.4 Å². The van der Waals surface area contributed by atoms with Gasteiger partial charge in [0.25, 0.3) is 0 Å². The molecule has 148 valence electrons. The van der Waals surface area contributed by atoms with Crippen molar-refractivity contribution < 1.29 is 9.47 Å². The second kappa shape index (κ2) is 13.8. The number of benzene rings is 1. The molecule has 1 aliphatic heterocycles. The van der Waals surface area contributed by atoms with Crippen LogP contribution in [-0.2, 0) is 16.1 Å². The third-order valence-corrected chi connectivity index (χ3v) is 4.43. The van der Waals surface area contributed by atoms with Gasteiger partial charge in [-0.3, -0.25) is 9.89 Å². The van der Waals surface area contributed by atoms with Gasteiger partial charge in [0.15, 0.2) is 5.96 Å². The number of hydrogen-bond acceptors (Lipinski definition) is 4. The molecule has 0 amide bonds. The zero-order valence-electron chi connectivity index (χ0n) is 14.8. The number of ether oxygens (including phenoxy) is 2. The maximum Gasteiger partial charge on any atom is 0.188 e. The van der Waals surface area contributed by atoms with Crippen LogP contribution in [0.3, 0.4) is 0 Å². The number of morpholine rings is 1. The van der Waals surface area contributed by atoms with Gasteiger partial charge < -0.3 is 20.5 Å². The van der Waals surface area contributed by atoms with Crippen molar-refractivity contribution in [3.63, 3.8) is 0 Å². The molecule has 1 aliphatic rings. The third kappa shape index (κ3) is 9.57. The van der Waals surface area contributed by atoms with Crippen molar-refractivity contribution in [1.82, 2.24) is 10.2 Å². The van der Waals surface area contributed by atoms with Crippen LogP contribution < -0.4 is 11.1 Å². The Morgan fingerprint density at radius 1 is 1.31 bits per heavy atom. The number of halogens is 3. The molecule has 3 N–H and O–H groups in total. The summed E-state index contributed by atoms with van der Waals surface area (Å²) in [6.07, 6.45) is 0.994. The zero-order valence-corrected chi connectivity index (χ0v) is 18.6. The van der Waals surface area contributed by atoms with Gasteiger partial charge in [0.05, 0.1) is 26.4 Å². The zero-order chi connectivity index (χ0) is 17.9. The molecule has 2 rings (SSSR count). The van der Waals surface area contributed by atoms with E-state index in [9.17, 15) is 0 Å². The van der Waals surface area contributed by atoms with E-state index in [2.05, 4.69) is 15.2 Å². The fourth-order valence-corrected chi connectivity index (χ4v) is 2.91. The third-order valence-electron chi connectivity index (χ3n) is 3.84. The van der Waals surface area contributed by atoms with Crippen LogP contribution in [0.1, 0.15) is 12.0 Å². The van der Waals surface area contributed by atoms with E-state index in [1.165, 1.54) is 0 Å². The lowest BCUT2D eigenvalue weighted by atomic mass is 10.2. The number of guanidine groups is 1. The smallest absolute Gasteiger partial charge is 0.188 e. The van der Waals surface area contributed by atoms with Crippen LogP contribution >= 0.6 is 47.2 Å². The number of rotatable bonds is 9. The molecular formula is C17H27Cl2IN4O2. The summed E-state index contributed by atoms with van der Waals surface area (Å²) in [5, 5.41) is 4.28. The molecule has 0 aliphatic carbocycles. The van der Waals surface area contributed by atoms with Crippen molar-refractivity contribution in [2.24, 2.45) is 10.7 Å². The largest absolute Gasteiger partial charge is 0.379 e. The molecule has 0 saturated carbocycles. The van der Waals surface area contributed by atoms with E-state index >= 15 is 0 Å². The van der Waals surface area contributed by atoms with Crippen molar-refractivity contribution in [3.05, 3.63) is 33.8 Å². The highest BCUT2D eigenvalue weighted by atomic mass is 127. The first kappa shape index (κ1) is 23.7. The molecule has 1 saturated heterocycles. The number of aliphatic imine (C=N–C) groups is 1. The van der Waals surface area contributed by atoms with Gasteiger partial charge in [-0.1, -0.05) is 29.3 Å². The van der Waals surface area contributed by atoms with E-state index < -0.39 is 0 Å². The molecule has 1 heterocycles. The highest BCUT2D eigenvalue weighted by Crippen LogP contribution is 2.21. The molecule has 0 unspecified atom stereocenters. The van der Waals surface area contributed by atoms with Gasteiger partial charge in [0, 0.05) is 42.8 Å². The van der Waals surface area contributed by atoms with Gasteiger partial charge in [0.2, 0.25) is 0 Å². The molecule has 0 atom stereocenters. The van der Waals surface area contributed by atoms with Crippen molar-refractivity contribution in [1.29, 1.82) is 0 Å². The van der Waals surface area contributed by atoms with Gasteiger partial charge in [-0.25, -0.2) is 0 Å². The summed E-state index contributed by atoms with van der Waals surface area (Å²) < 4.78 is 10.9. The summed E-state index contributed by atoms with van der Waals surface area (Å²) in [4.78, 5) is 6.71. The van der Waals surface area contributed by atoms with Crippen LogP contribution in [0.2, 0.25) is 10.0 Å². The van der Waals surface area contributed by atoms with Gasteiger partial charge in [-0.2, -0.15) is 0 Å². The molecule has 1 fully saturated rings. The molecule has 9 heteroatoms. The lowest BCUT2D eigenvalue weighted by Gasteiger charge is -2.26. The maximum atomic E-state index is 6.09. The van der Waals surface area contributed by atoms with Crippen LogP contribution in [0, 0.1) is 0 Å². The Morgan fingerprint density at radius 3 is 2.81 bits per heavy atom. The number of hydrogen-bond donors (Lipinski definition) is 2. The first-order chi connectivity index (χ1) is 12.1. The van der Waals surface area contributed by atoms with Crippen molar-refractivity contribution >= 4 is 53.1 Å². The normalized spacial score (nSPS) is 15.5. The lowest BCUT2D eigenvalue weighted by molar-refractivity contribution is 0.0377. The summed E-state index contributed by atoms with van der Waals surface area (Å²) in [6.45, 7) is 6.98. The highest BCUT2D eigenvalue weighted by molar-refractivity contribution is 14.0. The molecule has 0 bridgehead atoms. The first-order valence-electron chi connectivity index (χ1n) is 8.50. The number of nitrogens with zero attached hydrogens (tertiary/aromatic N) is 2. The Bertz CT molecular complexity index is 558. The molecule has 26 heavy (non-hydrogen) atoms. The molecule has 0 aromatic heterocycles. The Kier molecular flexibility index (Phi) is 12.6. The van der Waals surface area contributed by atoms with E-state index in [0.717, 1.165) is 51.4 Å². The minimum atomic E-state index is 0. The van der Waals surface area contributed by atoms with Crippen molar-refractivity contribution in [2.45, 2.75) is 13.0 Å². The lowest BCUT2D eigenvalue weighted by Crippen LogP contribution is -2.37. The summed E-state index contributed by atoms with van der Waals surface area (Å²) in [5.74, 6) is 0.454. The van der Waals surface area contributed by atoms with E-state index in [0.29, 0.717) is 35.8 Å². The Morgan fingerprint density at radius 2 is 2.08 bits per heavy atom. The van der Waals surface area contributed by atoms with Gasteiger partial charge >= 0.3 is 0 Å². The predicted molar refractivity (Wildman–Crippen MR) is 118 cm³/mol. The Labute approximate surface area is 182 Å². The standard InChI is InChI=1S/C17H26Cl2N4O2.HI/c18-15-3-2-14(16(19)12-15)13-25-9-5-22-17(20)21-4-1-6-23-7-10-24-11-8-23;/h2-3,12H,1,4-11,13H2,(H3,20,21,22);1H. The monoisotopic (exact) mass is 516 g/mol. The minimum Gasteiger partial charge on any atom is -0.379 e. The number of nitrogens with two attached hydrogens (primary N) is 1. The fraction of sp³-hybridized carbons (Fsp3) is 0.588. The van der Waals surface area contributed by atoms with Gasteiger partial charge in [-0.15, -0.1) is 24.0 Å². The fourth-order valence-electron chi connectivity index (χ4n) is 2.45. The van der Waals surface area contributed by atoms with Crippen LogP contribution in [0.5, 0.6) is 0 Å². The first-order valence-corrected chi connectivity index (χ1v) is 9.26. The average molecular weight is 517 g/mol. The van der Waals surface area contributed by atoms with Gasteiger partial charge in [-0.05, 0) is 24.1 Å². The summed E-state index contributed by atoms with van der Waals surface area (Å²) in [7, 11) is 0. The van der Waals surface area contributed by atoms with Crippen molar-refractivity contribution in [3.8, 4) is 0 Å². The van der Waals surface area contributed by atoms with Crippen molar-refractivity contribution in [2.75, 3.05) is 52.5 Å². The SMILES string of the molecule is I.NC(=NCCCN1CCOCC1)NCCOCc1ccc(Cl)cc1Cl. The second-order valence-corrected chi connectivity index (χ2v) is 6.63. The van der Waals surface area contributed by atoms with E-state index in [4.69, 9.17) is 38.4 Å². The van der Waals surface area contributed by atoms with E-state index in [1.54, 1.807) is 12.1 Å². The maximum absolute atomic E-state index is 6.09. The minimum absolute atomic E-state index is 0. The summed E-state index contributed by atoms with van der Waals surface area (Å²) in [6, 6.07) is 5.37. The Hall–Kier alpha value is -0.320. The van der Waals surface area contributed by atoms with Crippen LogP contribution in [0.4, 0.5) is 0 Å². The number of nitrogens with one attached hydrogen (secondary N) is 1.